The Morgan fingerprint density at radius 1 is 0.153 bits per heavy atom. The first kappa shape index (κ1) is 88.3. The van der Waals surface area contributed by atoms with Gasteiger partial charge in [0.1, 0.15) is 5.82 Å². The zero-order chi connectivity index (χ0) is 86.3. The number of benzene rings is 12. The van der Waals surface area contributed by atoms with E-state index in [-0.39, 0.29) is 54.1 Å². The first-order chi connectivity index (χ1) is 54.7. The van der Waals surface area contributed by atoms with E-state index in [9.17, 15) is 0 Å². The number of pyridine rings is 1. The van der Waals surface area contributed by atoms with E-state index in [1.807, 2.05) is 12.4 Å². The number of hydrogen-bond acceptors (Lipinski definition) is 5. The predicted octanol–water partition coefficient (Wildman–Crippen LogP) is 32.0. The average molecular weight is 1560 g/mol. The standard InChI is InChI=1S/C24H28.C23H27N.2C22H26N2.C22H26/c1-23(2,3)21-12-9-17(10-13-21)18-7-8-20-16-22(24(4,5)6)14-11-19(20)15-18;1-22(2,3)19-11-7-16(8-12-19)17-9-13-20-18(15-17)10-14-21(24-20)23(4,5)6;1-21(2,3)18-10-7-15(8-11-18)16-9-12-19-17(13-16)14-23-20(24-19)22(4,5)6;1-21(2,3)17-10-7-15(8-11-17)16-9-12-18-19(13-16)23-14-20(24-18)22(4,5)6;1-21(2,3)19-9-7-15-11-16-8-10-20(22(4,5)6)14-18(16)12-17(15)13-19/h7-16H,1-6H3;7-15H,1-6H3;2*7-14H,1-6H3;7-14H,1-6H3. The van der Waals surface area contributed by atoms with Crippen molar-refractivity contribution in [3.05, 3.63) is 317 Å². The maximum absolute atomic E-state index is 4.83. The fourth-order valence-electron chi connectivity index (χ4n) is 14.3. The van der Waals surface area contributed by atoms with Gasteiger partial charge in [-0.2, -0.15) is 0 Å². The van der Waals surface area contributed by atoms with Crippen molar-refractivity contribution in [2.24, 2.45) is 0 Å². The lowest BCUT2D eigenvalue weighted by atomic mass is 9.84. The maximum Gasteiger partial charge on any atom is 0.134 e. The Labute approximate surface area is 709 Å². The minimum Gasteiger partial charge on any atom is -0.253 e. The van der Waals surface area contributed by atoms with Crippen LogP contribution in [0.4, 0.5) is 0 Å². The van der Waals surface area contributed by atoms with Crippen LogP contribution < -0.4 is 0 Å². The van der Waals surface area contributed by atoms with Gasteiger partial charge in [-0.15, -0.1) is 0 Å². The van der Waals surface area contributed by atoms with Gasteiger partial charge in [0.05, 0.1) is 27.8 Å². The summed E-state index contributed by atoms with van der Waals surface area (Å²) in [6.45, 7) is 66.8. The minimum atomic E-state index is -0.0321. The summed E-state index contributed by atoms with van der Waals surface area (Å²) in [5, 5.41) is 10.2. The number of nitrogens with zero attached hydrogens (tertiary/aromatic N) is 5. The van der Waals surface area contributed by atoms with Crippen LogP contribution in [0.15, 0.2) is 261 Å². The van der Waals surface area contributed by atoms with Gasteiger partial charge >= 0.3 is 0 Å². The normalized spacial score (nSPS) is 12.7. The Kier molecular flexibility index (Phi) is 25.2. The van der Waals surface area contributed by atoms with E-state index in [0.29, 0.717) is 0 Å². The van der Waals surface area contributed by atoms with Gasteiger partial charge in [-0.25, -0.2) is 15.0 Å². The molecule has 0 aliphatic carbocycles. The van der Waals surface area contributed by atoms with Crippen molar-refractivity contribution < 1.29 is 0 Å². The van der Waals surface area contributed by atoms with Gasteiger partial charge in [0.25, 0.3) is 0 Å². The highest BCUT2D eigenvalue weighted by Crippen LogP contribution is 2.38. The molecule has 610 valence electrons. The smallest absolute Gasteiger partial charge is 0.134 e. The topological polar surface area (TPSA) is 64.5 Å². The monoisotopic (exact) mass is 1560 g/mol. The largest absolute Gasteiger partial charge is 0.253 e. The molecule has 0 aliphatic rings. The molecule has 0 unspecified atom stereocenters. The van der Waals surface area contributed by atoms with Gasteiger partial charge in [-0.05, 0) is 214 Å². The summed E-state index contributed by atoms with van der Waals surface area (Å²) >= 11 is 0. The first-order valence-electron chi connectivity index (χ1n) is 42.6. The zero-order valence-corrected chi connectivity index (χ0v) is 77.1. The fraction of sp³-hybridized carbons (Fsp3) is 0.354. The molecule has 0 saturated carbocycles. The van der Waals surface area contributed by atoms with Crippen LogP contribution in [0.3, 0.4) is 0 Å². The van der Waals surface area contributed by atoms with Crippen molar-refractivity contribution in [2.45, 2.75) is 262 Å². The summed E-state index contributed by atoms with van der Waals surface area (Å²) in [7, 11) is 0. The Hall–Kier alpha value is -10.5. The molecular weight excluding hydrogens is 1430 g/mol. The lowest BCUT2D eigenvalue weighted by molar-refractivity contribution is 0.548. The van der Waals surface area contributed by atoms with Crippen molar-refractivity contribution in [1.29, 1.82) is 0 Å². The molecule has 0 N–H and O–H groups in total. The molecule has 15 aromatic rings. The molecule has 15 rings (SSSR count). The second-order valence-electron chi connectivity index (χ2n) is 43.1. The summed E-state index contributed by atoms with van der Waals surface area (Å²) in [4.78, 5) is 23.5. The average Bonchev–Trinajstić information content (AvgIpc) is 0.802. The van der Waals surface area contributed by atoms with E-state index < -0.39 is 0 Å². The van der Waals surface area contributed by atoms with Crippen LogP contribution in [-0.4, -0.2) is 24.9 Å². The molecule has 12 aromatic carbocycles. The molecule has 118 heavy (non-hydrogen) atoms. The lowest BCUT2D eigenvalue weighted by Crippen LogP contribution is -2.15. The molecule has 3 heterocycles. The van der Waals surface area contributed by atoms with Crippen LogP contribution in [0, 0.1) is 0 Å². The van der Waals surface area contributed by atoms with Gasteiger partial charge in [-0.3, -0.25) is 9.97 Å². The second-order valence-corrected chi connectivity index (χ2v) is 43.1. The van der Waals surface area contributed by atoms with Crippen LogP contribution in [0.2, 0.25) is 0 Å². The summed E-state index contributed by atoms with van der Waals surface area (Å²) in [6, 6.07) is 91.2. The summed E-state index contributed by atoms with van der Waals surface area (Å²) in [5.41, 5.74) is 27.0. The van der Waals surface area contributed by atoms with Crippen molar-refractivity contribution >= 4 is 65.2 Å². The van der Waals surface area contributed by atoms with Gasteiger partial charge in [-0.1, -0.05) is 396 Å². The molecule has 0 fully saturated rings. The van der Waals surface area contributed by atoms with E-state index >= 15 is 0 Å². The van der Waals surface area contributed by atoms with Crippen molar-refractivity contribution in [3.63, 3.8) is 0 Å². The highest BCUT2D eigenvalue weighted by atomic mass is 14.9. The predicted molar refractivity (Wildman–Crippen MR) is 515 cm³/mol. The number of hydrogen-bond donors (Lipinski definition) is 0. The highest BCUT2D eigenvalue weighted by Gasteiger charge is 2.24. The number of aromatic nitrogens is 5. The Morgan fingerprint density at radius 2 is 0.424 bits per heavy atom. The van der Waals surface area contributed by atoms with E-state index in [2.05, 4.69) is 466 Å². The van der Waals surface area contributed by atoms with Crippen LogP contribution in [0.1, 0.15) is 264 Å². The molecule has 0 bridgehead atoms. The van der Waals surface area contributed by atoms with Crippen molar-refractivity contribution in [3.8, 4) is 44.5 Å². The summed E-state index contributed by atoms with van der Waals surface area (Å²) in [6.07, 6.45) is 3.84. The van der Waals surface area contributed by atoms with Gasteiger partial charge < -0.3 is 0 Å². The van der Waals surface area contributed by atoms with Crippen molar-refractivity contribution in [1.82, 2.24) is 24.9 Å². The first-order valence-corrected chi connectivity index (χ1v) is 42.6. The Bertz CT molecular complexity index is 5350. The van der Waals surface area contributed by atoms with Crippen LogP contribution in [0.25, 0.3) is 110 Å². The Morgan fingerprint density at radius 3 is 0.797 bits per heavy atom. The zero-order valence-electron chi connectivity index (χ0n) is 77.1. The molecule has 0 spiro atoms. The second kappa shape index (κ2) is 33.7. The van der Waals surface area contributed by atoms with Gasteiger partial charge in [0.2, 0.25) is 0 Å². The molecule has 0 saturated heterocycles. The molecule has 5 nitrogen and oxygen atoms in total. The van der Waals surface area contributed by atoms with Crippen LogP contribution in [-0.2, 0) is 54.1 Å². The van der Waals surface area contributed by atoms with Gasteiger partial charge in [0.15, 0.2) is 0 Å². The van der Waals surface area contributed by atoms with Gasteiger partial charge in [0, 0.05) is 45.1 Å². The highest BCUT2D eigenvalue weighted by molar-refractivity contribution is 5.99. The summed E-state index contributed by atoms with van der Waals surface area (Å²) in [5.74, 6) is 0.886. The van der Waals surface area contributed by atoms with E-state index in [1.165, 1.54) is 121 Å². The molecule has 0 atom stereocenters. The number of rotatable bonds is 4. The summed E-state index contributed by atoms with van der Waals surface area (Å²) < 4.78 is 0. The lowest BCUT2D eigenvalue weighted by Gasteiger charge is -2.21. The SMILES string of the molecule is CC(C)(C)c1ccc(-c2ccc3cc(C(C)(C)C)ccc3c2)cc1.CC(C)(C)c1ccc(-c2ccc3nc(C(C)(C)C)ccc3c2)cc1.CC(C)(C)c1ccc(-c2ccc3nc(C(C)(C)C)cnc3c2)cc1.CC(C)(C)c1ccc(-c2ccc3nc(C(C)(C)C)ncc3c2)cc1.CC(C)(C)c1ccc2cc3ccc(C(C)(C)C)cc3cc2c1. The Balaban J connectivity index is 0.000000145. The van der Waals surface area contributed by atoms with E-state index in [4.69, 9.17) is 15.0 Å². The minimum absolute atomic E-state index is 0.0165. The molecule has 0 amide bonds. The van der Waals surface area contributed by atoms with E-state index in [0.717, 1.165) is 44.7 Å². The molecule has 0 radical (unpaired) electrons. The number of fused-ring (bicyclic) bond motifs is 6. The molecular formula is C113H133N5. The third-order valence-electron chi connectivity index (χ3n) is 22.6. The third-order valence-corrected chi connectivity index (χ3v) is 22.6. The maximum atomic E-state index is 4.83. The molecule has 3 aromatic heterocycles. The molecule has 0 aliphatic heterocycles. The van der Waals surface area contributed by atoms with Crippen LogP contribution in [0.5, 0.6) is 0 Å². The van der Waals surface area contributed by atoms with Crippen molar-refractivity contribution in [2.75, 3.05) is 0 Å². The third kappa shape index (κ3) is 22.3. The van der Waals surface area contributed by atoms with E-state index in [1.54, 1.807) is 0 Å². The fourth-order valence-corrected chi connectivity index (χ4v) is 14.3. The quantitative estimate of drug-likeness (QED) is 0.164. The van der Waals surface area contributed by atoms with Crippen LogP contribution >= 0.6 is 0 Å². The molecule has 5 heteroatoms.